The topological polar surface area (TPSA) is 58.6 Å². The molecule has 0 unspecified atom stereocenters. The number of halogens is 1. The third-order valence-electron chi connectivity index (χ3n) is 4.52. The summed E-state index contributed by atoms with van der Waals surface area (Å²) in [5.41, 5.74) is 2.29. The first-order valence-electron chi connectivity index (χ1n) is 8.27. The van der Waals surface area contributed by atoms with Crippen molar-refractivity contribution in [2.24, 2.45) is 0 Å². The molecular weight excluding hydrogens is 340 g/mol. The van der Waals surface area contributed by atoms with Gasteiger partial charge in [-0.15, -0.1) is 0 Å². The van der Waals surface area contributed by atoms with E-state index in [9.17, 15) is 9.59 Å². The van der Waals surface area contributed by atoms with Crippen LogP contribution in [0.4, 0.5) is 11.4 Å². The Labute approximate surface area is 150 Å². The molecule has 2 aliphatic rings. The molecule has 2 amide bonds. The van der Waals surface area contributed by atoms with Crippen LogP contribution in [0.3, 0.4) is 0 Å². The van der Waals surface area contributed by atoms with Crippen LogP contribution in [0, 0.1) is 0 Å². The smallest absolute Gasteiger partial charge is 0.265 e. The fourth-order valence-corrected chi connectivity index (χ4v) is 3.49. The number of benzene rings is 2. The van der Waals surface area contributed by atoms with E-state index in [1.165, 1.54) is 0 Å². The third kappa shape index (κ3) is 3.07. The van der Waals surface area contributed by atoms with Crippen molar-refractivity contribution in [1.29, 1.82) is 0 Å². The molecule has 0 radical (unpaired) electrons. The van der Waals surface area contributed by atoms with Gasteiger partial charge in [0.15, 0.2) is 6.10 Å². The van der Waals surface area contributed by atoms with Crippen molar-refractivity contribution in [2.45, 2.75) is 25.4 Å². The summed E-state index contributed by atoms with van der Waals surface area (Å²) >= 11 is 5.99. The Kier molecular flexibility index (Phi) is 4.09. The Morgan fingerprint density at radius 1 is 1.24 bits per heavy atom. The standard InChI is InChI=1S/C19H17ClN2O3/c20-13-7-8-16-12(10-13)11-17(25-16)19(24)21-14-4-1-2-5-15(14)22-9-3-6-18(22)23/h1-2,4-5,7-8,10,17H,3,6,9,11H2,(H,21,24)/t17-/m0/s1. The third-order valence-corrected chi connectivity index (χ3v) is 4.75. The Morgan fingerprint density at radius 3 is 2.88 bits per heavy atom. The molecule has 2 aromatic rings. The summed E-state index contributed by atoms with van der Waals surface area (Å²) in [6.07, 6.45) is 1.26. The monoisotopic (exact) mass is 356 g/mol. The molecule has 1 saturated heterocycles. The average Bonchev–Trinajstić information content (AvgIpc) is 3.21. The number of nitrogens with zero attached hydrogens (tertiary/aromatic N) is 1. The van der Waals surface area contributed by atoms with Crippen molar-refractivity contribution in [3.8, 4) is 5.75 Å². The van der Waals surface area contributed by atoms with Gasteiger partial charge in [0.05, 0.1) is 11.4 Å². The van der Waals surface area contributed by atoms with Crippen LogP contribution in [0.25, 0.3) is 0 Å². The molecule has 0 saturated carbocycles. The molecule has 4 rings (SSSR count). The number of carbonyl (C=O) groups excluding carboxylic acids is 2. The maximum atomic E-state index is 12.6. The molecule has 5 nitrogen and oxygen atoms in total. The minimum atomic E-state index is -0.601. The first-order chi connectivity index (χ1) is 12.1. The van der Waals surface area contributed by atoms with Crippen LogP contribution in [0.15, 0.2) is 42.5 Å². The second-order valence-corrected chi connectivity index (χ2v) is 6.65. The largest absolute Gasteiger partial charge is 0.480 e. The Balaban J connectivity index is 1.52. The van der Waals surface area contributed by atoms with Crippen molar-refractivity contribution < 1.29 is 14.3 Å². The Morgan fingerprint density at radius 2 is 2.08 bits per heavy atom. The van der Waals surface area contributed by atoms with Gasteiger partial charge < -0.3 is 15.0 Å². The lowest BCUT2D eigenvalue weighted by Crippen LogP contribution is -2.32. The van der Waals surface area contributed by atoms with Gasteiger partial charge in [-0.3, -0.25) is 9.59 Å². The predicted molar refractivity (Wildman–Crippen MR) is 96.2 cm³/mol. The van der Waals surface area contributed by atoms with Crippen LogP contribution < -0.4 is 15.0 Å². The van der Waals surface area contributed by atoms with E-state index in [1.54, 1.807) is 23.1 Å². The van der Waals surface area contributed by atoms with E-state index in [0.29, 0.717) is 35.8 Å². The fourth-order valence-electron chi connectivity index (χ4n) is 3.29. The molecule has 0 bridgehead atoms. The molecule has 0 aromatic heterocycles. The van der Waals surface area contributed by atoms with E-state index >= 15 is 0 Å². The van der Waals surface area contributed by atoms with E-state index in [-0.39, 0.29) is 11.8 Å². The highest BCUT2D eigenvalue weighted by Gasteiger charge is 2.30. The lowest BCUT2D eigenvalue weighted by atomic mass is 10.1. The molecule has 1 atom stereocenters. The minimum Gasteiger partial charge on any atom is -0.480 e. The molecule has 1 N–H and O–H groups in total. The van der Waals surface area contributed by atoms with Crippen molar-refractivity contribution in [3.05, 3.63) is 53.1 Å². The van der Waals surface area contributed by atoms with Gasteiger partial charge in [0.25, 0.3) is 5.91 Å². The van der Waals surface area contributed by atoms with Gasteiger partial charge in [-0.25, -0.2) is 0 Å². The van der Waals surface area contributed by atoms with Crippen LogP contribution in [0.2, 0.25) is 5.02 Å². The number of rotatable bonds is 3. The highest BCUT2D eigenvalue weighted by atomic mass is 35.5. The quantitative estimate of drug-likeness (QED) is 0.916. The van der Waals surface area contributed by atoms with Gasteiger partial charge in [0.2, 0.25) is 5.91 Å². The van der Waals surface area contributed by atoms with Gasteiger partial charge in [-0.05, 0) is 42.3 Å². The maximum absolute atomic E-state index is 12.6. The SMILES string of the molecule is O=C(Nc1ccccc1N1CCCC1=O)[C@@H]1Cc2cc(Cl)ccc2O1. The summed E-state index contributed by atoms with van der Waals surface area (Å²) in [5, 5.41) is 3.53. The number of nitrogens with one attached hydrogen (secondary N) is 1. The Bertz CT molecular complexity index is 852. The molecule has 6 heteroatoms. The highest BCUT2D eigenvalue weighted by Crippen LogP contribution is 2.33. The van der Waals surface area contributed by atoms with Crippen LogP contribution in [0.5, 0.6) is 5.75 Å². The van der Waals surface area contributed by atoms with E-state index in [2.05, 4.69) is 5.32 Å². The van der Waals surface area contributed by atoms with Crippen LogP contribution in [0.1, 0.15) is 18.4 Å². The van der Waals surface area contributed by atoms with Gasteiger partial charge in [-0.2, -0.15) is 0 Å². The van der Waals surface area contributed by atoms with Gasteiger partial charge in [0, 0.05) is 24.4 Å². The van der Waals surface area contributed by atoms with Crippen molar-refractivity contribution in [3.63, 3.8) is 0 Å². The predicted octanol–water partition coefficient (Wildman–Crippen LogP) is 3.41. The molecule has 1 fully saturated rings. The summed E-state index contributed by atoms with van der Waals surface area (Å²) in [6, 6.07) is 12.7. The summed E-state index contributed by atoms with van der Waals surface area (Å²) in [4.78, 5) is 26.4. The zero-order chi connectivity index (χ0) is 17.4. The second-order valence-electron chi connectivity index (χ2n) is 6.22. The number of amides is 2. The summed E-state index contributed by atoms with van der Waals surface area (Å²) in [5.74, 6) is 0.542. The van der Waals surface area contributed by atoms with Gasteiger partial charge >= 0.3 is 0 Å². The number of para-hydroxylation sites is 2. The zero-order valence-corrected chi connectivity index (χ0v) is 14.3. The van der Waals surface area contributed by atoms with E-state index in [4.69, 9.17) is 16.3 Å². The number of hydrogen-bond donors (Lipinski definition) is 1. The van der Waals surface area contributed by atoms with Crippen molar-refractivity contribution in [2.75, 3.05) is 16.8 Å². The van der Waals surface area contributed by atoms with E-state index < -0.39 is 6.10 Å². The maximum Gasteiger partial charge on any atom is 0.265 e. The lowest BCUT2D eigenvalue weighted by Gasteiger charge is -2.20. The fraction of sp³-hybridized carbons (Fsp3) is 0.263. The number of carbonyl (C=O) groups is 2. The van der Waals surface area contributed by atoms with Crippen molar-refractivity contribution >= 4 is 34.8 Å². The first-order valence-corrected chi connectivity index (χ1v) is 8.65. The number of fused-ring (bicyclic) bond motifs is 1. The molecule has 0 spiro atoms. The highest BCUT2D eigenvalue weighted by molar-refractivity contribution is 6.30. The van der Waals surface area contributed by atoms with E-state index in [1.807, 2.05) is 24.3 Å². The number of hydrogen-bond acceptors (Lipinski definition) is 3. The van der Waals surface area contributed by atoms with Gasteiger partial charge in [-0.1, -0.05) is 23.7 Å². The summed E-state index contributed by atoms with van der Waals surface area (Å²) in [6.45, 7) is 0.676. The minimum absolute atomic E-state index is 0.0841. The van der Waals surface area contributed by atoms with Crippen LogP contribution in [-0.2, 0) is 16.0 Å². The molecule has 2 aliphatic heterocycles. The van der Waals surface area contributed by atoms with Crippen LogP contribution in [-0.4, -0.2) is 24.5 Å². The van der Waals surface area contributed by atoms with E-state index in [0.717, 1.165) is 17.7 Å². The molecule has 25 heavy (non-hydrogen) atoms. The van der Waals surface area contributed by atoms with Crippen LogP contribution >= 0.6 is 11.6 Å². The zero-order valence-electron chi connectivity index (χ0n) is 13.5. The molecular formula is C19H17ClN2O3. The molecule has 0 aliphatic carbocycles. The molecule has 2 aromatic carbocycles. The molecule has 2 heterocycles. The number of anilines is 2. The lowest BCUT2D eigenvalue weighted by molar-refractivity contribution is -0.122. The average molecular weight is 357 g/mol. The Hall–Kier alpha value is -2.53. The summed E-state index contributed by atoms with van der Waals surface area (Å²) < 4.78 is 5.73. The first kappa shape index (κ1) is 16.0. The molecule has 128 valence electrons. The summed E-state index contributed by atoms with van der Waals surface area (Å²) in [7, 11) is 0. The van der Waals surface area contributed by atoms with Crippen molar-refractivity contribution in [1.82, 2.24) is 0 Å². The second kappa shape index (κ2) is 6.41. The van der Waals surface area contributed by atoms with Gasteiger partial charge in [0.1, 0.15) is 5.75 Å². The normalized spacial score (nSPS) is 18.8. The number of ether oxygens (including phenoxy) is 1.